The summed E-state index contributed by atoms with van der Waals surface area (Å²) in [5.74, 6) is -0.373. The molecule has 1 rings (SSSR count). The molecule has 0 spiro atoms. The van der Waals surface area contributed by atoms with Crippen LogP contribution in [0.5, 0.6) is 0 Å². The number of hydrogen-bond donors (Lipinski definition) is 0. The van der Waals surface area contributed by atoms with Crippen molar-refractivity contribution >= 4 is 17.6 Å². The Morgan fingerprint density at radius 1 is 1.40 bits per heavy atom. The van der Waals surface area contributed by atoms with E-state index in [1.54, 1.807) is 24.3 Å². The Labute approximate surface area is 94.6 Å². The summed E-state index contributed by atoms with van der Waals surface area (Å²) in [7, 11) is 3.84. The van der Waals surface area contributed by atoms with E-state index in [9.17, 15) is 4.79 Å². The SMILES string of the molecule is CN(C)CCOC(=O)c1ccccc1Cl. The van der Waals surface area contributed by atoms with Crippen LogP contribution in [-0.4, -0.2) is 38.1 Å². The van der Waals surface area contributed by atoms with Crippen LogP contribution in [0.2, 0.25) is 5.02 Å². The van der Waals surface area contributed by atoms with Gasteiger partial charge in [-0.15, -0.1) is 0 Å². The lowest BCUT2D eigenvalue weighted by molar-refractivity contribution is 0.0482. The second-order valence-corrected chi connectivity index (χ2v) is 3.83. The highest BCUT2D eigenvalue weighted by molar-refractivity contribution is 6.33. The third-order valence-corrected chi connectivity index (χ3v) is 2.20. The van der Waals surface area contributed by atoms with Crippen molar-refractivity contribution < 1.29 is 9.53 Å². The summed E-state index contributed by atoms with van der Waals surface area (Å²) in [6, 6.07) is 6.86. The maximum Gasteiger partial charge on any atom is 0.339 e. The predicted molar refractivity (Wildman–Crippen MR) is 60.3 cm³/mol. The van der Waals surface area contributed by atoms with Gasteiger partial charge in [-0.25, -0.2) is 4.79 Å². The summed E-state index contributed by atoms with van der Waals surface area (Å²) in [5, 5.41) is 0.423. The number of ether oxygens (including phenoxy) is 1. The molecule has 0 aromatic heterocycles. The lowest BCUT2D eigenvalue weighted by Crippen LogP contribution is -2.20. The molecule has 0 aliphatic rings. The average Bonchev–Trinajstić information content (AvgIpc) is 2.17. The summed E-state index contributed by atoms with van der Waals surface area (Å²) in [6.07, 6.45) is 0. The second-order valence-electron chi connectivity index (χ2n) is 3.42. The molecule has 1 aromatic rings. The van der Waals surface area contributed by atoms with E-state index < -0.39 is 0 Å². The molecule has 0 aliphatic heterocycles. The van der Waals surface area contributed by atoms with Crippen LogP contribution in [0, 0.1) is 0 Å². The van der Waals surface area contributed by atoms with Gasteiger partial charge in [0.1, 0.15) is 6.61 Å². The number of carbonyl (C=O) groups is 1. The van der Waals surface area contributed by atoms with Crippen LogP contribution < -0.4 is 0 Å². The van der Waals surface area contributed by atoms with Gasteiger partial charge in [0.05, 0.1) is 10.6 Å². The number of likely N-dealkylation sites (N-methyl/N-ethyl adjacent to an activating group) is 1. The normalized spacial score (nSPS) is 10.4. The lowest BCUT2D eigenvalue weighted by Gasteiger charge is -2.10. The van der Waals surface area contributed by atoms with Crippen LogP contribution >= 0.6 is 11.6 Å². The molecule has 0 radical (unpaired) electrons. The Balaban J connectivity index is 2.51. The van der Waals surface area contributed by atoms with Crippen LogP contribution in [0.3, 0.4) is 0 Å². The van der Waals surface area contributed by atoms with Gasteiger partial charge in [-0.05, 0) is 26.2 Å². The second kappa shape index (κ2) is 5.73. The van der Waals surface area contributed by atoms with Crippen molar-refractivity contribution in [3.63, 3.8) is 0 Å². The molecule has 0 bridgehead atoms. The molecule has 0 fully saturated rings. The number of nitrogens with zero attached hydrogens (tertiary/aromatic N) is 1. The average molecular weight is 228 g/mol. The zero-order valence-corrected chi connectivity index (χ0v) is 9.62. The van der Waals surface area contributed by atoms with E-state index in [1.807, 2.05) is 19.0 Å². The van der Waals surface area contributed by atoms with Crippen molar-refractivity contribution in [3.8, 4) is 0 Å². The minimum atomic E-state index is -0.373. The summed E-state index contributed by atoms with van der Waals surface area (Å²) in [5.41, 5.74) is 0.415. The molecular weight excluding hydrogens is 214 g/mol. The molecule has 1 aromatic carbocycles. The highest BCUT2D eigenvalue weighted by atomic mass is 35.5. The quantitative estimate of drug-likeness (QED) is 0.738. The molecule has 3 nitrogen and oxygen atoms in total. The maximum atomic E-state index is 11.5. The molecule has 4 heteroatoms. The number of benzene rings is 1. The van der Waals surface area contributed by atoms with Gasteiger partial charge in [-0.1, -0.05) is 23.7 Å². The fraction of sp³-hybridized carbons (Fsp3) is 0.364. The van der Waals surface area contributed by atoms with Gasteiger partial charge in [-0.2, -0.15) is 0 Å². The number of esters is 1. The van der Waals surface area contributed by atoms with E-state index in [-0.39, 0.29) is 5.97 Å². The Bertz CT molecular complexity index is 339. The van der Waals surface area contributed by atoms with E-state index in [4.69, 9.17) is 16.3 Å². The fourth-order valence-corrected chi connectivity index (χ4v) is 1.24. The largest absolute Gasteiger partial charge is 0.461 e. The summed E-state index contributed by atoms with van der Waals surface area (Å²) in [6.45, 7) is 1.08. The molecule has 0 heterocycles. The van der Waals surface area contributed by atoms with Crippen LogP contribution in [0.15, 0.2) is 24.3 Å². The maximum absolute atomic E-state index is 11.5. The van der Waals surface area contributed by atoms with Gasteiger partial charge < -0.3 is 9.64 Å². The first-order valence-corrected chi connectivity index (χ1v) is 5.05. The van der Waals surface area contributed by atoms with E-state index in [1.165, 1.54) is 0 Å². The van der Waals surface area contributed by atoms with Gasteiger partial charge in [0.2, 0.25) is 0 Å². The van der Waals surface area contributed by atoms with Crippen LogP contribution in [-0.2, 0) is 4.74 Å². The first kappa shape index (κ1) is 12.0. The zero-order chi connectivity index (χ0) is 11.3. The van der Waals surface area contributed by atoms with Crippen molar-refractivity contribution in [3.05, 3.63) is 34.9 Å². The highest BCUT2D eigenvalue weighted by Crippen LogP contribution is 2.15. The Hall–Kier alpha value is -1.06. The number of halogens is 1. The number of rotatable bonds is 4. The summed E-state index contributed by atoms with van der Waals surface area (Å²) in [4.78, 5) is 13.5. The Morgan fingerprint density at radius 2 is 2.07 bits per heavy atom. The third-order valence-electron chi connectivity index (χ3n) is 1.87. The van der Waals surface area contributed by atoms with Gasteiger partial charge in [0.25, 0.3) is 0 Å². The molecule has 0 N–H and O–H groups in total. The highest BCUT2D eigenvalue weighted by Gasteiger charge is 2.10. The van der Waals surface area contributed by atoms with Gasteiger partial charge >= 0.3 is 5.97 Å². The van der Waals surface area contributed by atoms with Crippen molar-refractivity contribution in [1.29, 1.82) is 0 Å². The topological polar surface area (TPSA) is 29.5 Å². The van der Waals surface area contributed by atoms with Gasteiger partial charge in [-0.3, -0.25) is 0 Å². The molecule has 82 valence electrons. The van der Waals surface area contributed by atoms with E-state index in [2.05, 4.69) is 0 Å². The molecular formula is C11H14ClNO2. The molecule has 0 saturated heterocycles. The minimum Gasteiger partial charge on any atom is -0.461 e. The monoisotopic (exact) mass is 227 g/mol. The number of carbonyl (C=O) groups excluding carboxylic acids is 1. The van der Waals surface area contributed by atoms with Crippen molar-refractivity contribution in [1.82, 2.24) is 4.90 Å². The molecule has 0 amide bonds. The standard InChI is InChI=1S/C11H14ClNO2/c1-13(2)7-8-15-11(14)9-5-3-4-6-10(9)12/h3-6H,7-8H2,1-2H3. The smallest absolute Gasteiger partial charge is 0.339 e. The van der Waals surface area contributed by atoms with E-state index in [0.717, 1.165) is 0 Å². The number of hydrogen-bond acceptors (Lipinski definition) is 3. The third kappa shape index (κ3) is 3.90. The molecule has 0 atom stereocenters. The summed E-state index contributed by atoms with van der Waals surface area (Å²) >= 11 is 5.85. The zero-order valence-electron chi connectivity index (χ0n) is 8.87. The predicted octanol–water partition coefficient (Wildman–Crippen LogP) is 2.06. The van der Waals surface area contributed by atoms with Crippen LogP contribution in [0.1, 0.15) is 10.4 Å². The van der Waals surface area contributed by atoms with Gasteiger partial charge in [0.15, 0.2) is 0 Å². The lowest BCUT2D eigenvalue weighted by atomic mass is 10.2. The Morgan fingerprint density at radius 3 is 2.67 bits per heavy atom. The molecule has 0 saturated carbocycles. The first-order valence-electron chi connectivity index (χ1n) is 4.67. The molecule has 0 unspecified atom stereocenters. The van der Waals surface area contributed by atoms with E-state index in [0.29, 0.717) is 23.7 Å². The summed E-state index contributed by atoms with van der Waals surface area (Å²) < 4.78 is 5.05. The molecule has 0 aliphatic carbocycles. The van der Waals surface area contributed by atoms with Crippen molar-refractivity contribution in [2.24, 2.45) is 0 Å². The Kier molecular flexibility index (Phi) is 4.59. The van der Waals surface area contributed by atoms with Gasteiger partial charge in [0, 0.05) is 6.54 Å². The van der Waals surface area contributed by atoms with Crippen molar-refractivity contribution in [2.75, 3.05) is 27.2 Å². The van der Waals surface area contributed by atoms with E-state index >= 15 is 0 Å². The van der Waals surface area contributed by atoms with Crippen LogP contribution in [0.4, 0.5) is 0 Å². The molecule has 15 heavy (non-hydrogen) atoms. The first-order chi connectivity index (χ1) is 7.11. The fourth-order valence-electron chi connectivity index (χ4n) is 1.03. The van der Waals surface area contributed by atoms with Crippen LogP contribution in [0.25, 0.3) is 0 Å². The minimum absolute atomic E-state index is 0.372. The van der Waals surface area contributed by atoms with Crippen molar-refractivity contribution in [2.45, 2.75) is 0 Å².